The Bertz CT molecular complexity index is 1270. The maximum Gasteiger partial charge on any atom is 0.276 e. The predicted molar refractivity (Wildman–Crippen MR) is 131 cm³/mol. The minimum Gasteiger partial charge on any atom is -0.490 e. The maximum atomic E-state index is 13.3. The van der Waals surface area contributed by atoms with Crippen molar-refractivity contribution >= 4 is 21.6 Å². The lowest BCUT2D eigenvalue weighted by Crippen LogP contribution is -2.43. The highest BCUT2D eigenvalue weighted by molar-refractivity contribution is 7.19. The molecule has 0 spiro atoms. The highest BCUT2D eigenvalue weighted by Gasteiger charge is 2.39. The summed E-state index contributed by atoms with van der Waals surface area (Å²) in [7, 11) is 2.23. The zero-order chi connectivity index (χ0) is 23.1. The van der Waals surface area contributed by atoms with Crippen molar-refractivity contribution in [1.82, 2.24) is 14.5 Å². The van der Waals surface area contributed by atoms with Crippen LogP contribution in [-0.2, 0) is 0 Å². The number of rotatable bonds is 4. The summed E-state index contributed by atoms with van der Waals surface area (Å²) in [6.07, 6.45) is 4.86. The predicted octanol–water partition coefficient (Wildman–Crippen LogP) is 3.88. The molecular weight excluding hydrogens is 434 g/mol. The van der Waals surface area contributed by atoms with E-state index in [1.54, 1.807) is 4.57 Å². The van der Waals surface area contributed by atoms with Gasteiger partial charge in [0.05, 0.1) is 16.1 Å². The van der Waals surface area contributed by atoms with Crippen LogP contribution in [0.1, 0.15) is 49.7 Å². The number of aryl methyl sites for hydroxylation is 1. The summed E-state index contributed by atoms with van der Waals surface area (Å²) < 4.78 is 8.50. The van der Waals surface area contributed by atoms with Crippen LogP contribution in [0.4, 0.5) is 0 Å². The van der Waals surface area contributed by atoms with Gasteiger partial charge in [0.2, 0.25) is 0 Å². The van der Waals surface area contributed by atoms with E-state index in [4.69, 9.17) is 4.74 Å². The van der Waals surface area contributed by atoms with Gasteiger partial charge in [-0.25, -0.2) is 4.98 Å². The Balaban J connectivity index is 1.38. The third-order valence-electron chi connectivity index (χ3n) is 6.92. The van der Waals surface area contributed by atoms with Crippen molar-refractivity contribution in [2.45, 2.75) is 70.2 Å². The second-order valence-electron chi connectivity index (χ2n) is 9.07. The Morgan fingerprint density at radius 1 is 1.24 bits per heavy atom. The third-order valence-corrected chi connectivity index (χ3v) is 7.94. The van der Waals surface area contributed by atoms with Gasteiger partial charge in [0.25, 0.3) is 5.56 Å². The number of piperidine rings is 1. The molecule has 33 heavy (non-hydrogen) atoms. The molecule has 172 valence electrons. The lowest BCUT2D eigenvalue weighted by molar-refractivity contribution is 0.0662. The van der Waals surface area contributed by atoms with Gasteiger partial charge in [0.1, 0.15) is 28.5 Å². The minimum atomic E-state index is -0.660. The van der Waals surface area contributed by atoms with Crippen molar-refractivity contribution in [3.8, 4) is 23.3 Å². The molecule has 4 atom stereocenters. The molecule has 0 saturated carbocycles. The Morgan fingerprint density at radius 3 is 2.61 bits per heavy atom. The maximum absolute atomic E-state index is 13.3. The number of benzene rings is 1. The third kappa shape index (κ3) is 4.31. The van der Waals surface area contributed by atoms with Gasteiger partial charge in [-0.05, 0) is 76.4 Å². The number of aliphatic hydroxyl groups excluding tert-OH is 1. The van der Waals surface area contributed by atoms with Crippen LogP contribution >= 0.6 is 11.3 Å². The molecule has 0 amide bonds. The molecule has 2 aliphatic rings. The van der Waals surface area contributed by atoms with Crippen molar-refractivity contribution < 1.29 is 9.84 Å². The van der Waals surface area contributed by atoms with E-state index in [2.05, 4.69) is 28.8 Å². The van der Waals surface area contributed by atoms with Crippen LogP contribution in [0.2, 0.25) is 0 Å². The van der Waals surface area contributed by atoms with Crippen LogP contribution in [-0.4, -0.2) is 50.9 Å². The zero-order valence-corrected chi connectivity index (χ0v) is 20.1. The normalized spacial score (nSPS) is 23.3. The van der Waals surface area contributed by atoms with Crippen LogP contribution < -0.4 is 10.3 Å². The fraction of sp³-hybridized carbons (Fsp3) is 0.462. The molecule has 5 rings (SSSR count). The number of aliphatic hydroxyl groups is 1. The number of nitrogens with zero attached hydrogens (tertiary/aromatic N) is 3. The van der Waals surface area contributed by atoms with Crippen molar-refractivity contribution in [3.63, 3.8) is 0 Å². The van der Waals surface area contributed by atoms with Crippen LogP contribution in [0.3, 0.4) is 0 Å². The minimum absolute atomic E-state index is 0.104. The first-order valence-corrected chi connectivity index (χ1v) is 12.5. The van der Waals surface area contributed by atoms with Crippen LogP contribution in [0.25, 0.3) is 15.9 Å². The molecule has 1 N–H and O–H groups in total. The summed E-state index contributed by atoms with van der Waals surface area (Å²) in [6.45, 7) is 3.71. The fourth-order valence-corrected chi connectivity index (χ4v) is 5.92. The van der Waals surface area contributed by atoms with E-state index in [1.165, 1.54) is 24.2 Å². The van der Waals surface area contributed by atoms with Gasteiger partial charge in [-0.1, -0.05) is 18.8 Å². The Labute approximate surface area is 197 Å². The monoisotopic (exact) mass is 463 g/mol. The average Bonchev–Trinajstić information content (AvgIpc) is 3.29. The Hall–Kier alpha value is -2.66. The summed E-state index contributed by atoms with van der Waals surface area (Å²) in [5.74, 6) is 7.23. The first kappa shape index (κ1) is 22.1. The molecule has 1 aromatic carbocycles. The van der Waals surface area contributed by atoms with Crippen LogP contribution in [0.15, 0.2) is 35.1 Å². The van der Waals surface area contributed by atoms with Gasteiger partial charge in [0.15, 0.2) is 0 Å². The molecule has 2 fully saturated rings. The molecule has 7 heteroatoms. The molecule has 2 unspecified atom stereocenters. The molecular formula is C26H29N3O3S. The number of fused-ring (bicyclic) bond motifs is 3. The number of hydrogen-bond acceptors (Lipinski definition) is 6. The topological polar surface area (TPSA) is 67.6 Å². The number of ether oxygens (including phenoxy) is 1. The van der Waals surface area contributed by atoms with Crippen LogP contribution in [0.5, 0.6) is 5.75 Å². The SMILES string of the molecule is CCC(O)C#Cc1cc2nc(C)n(-c3ccc(OC4C[C@H]5CC[C@@H](C4)N5C)cc3)c(=O)c2s1. The molecule has 3 aromatic rings. The Kier molecular flexibility index (Phi) is 6.00. The first-order chi connectivity index (χ1) is 15.9. The van der Waals surface area contributed by atoms with Gasteiger partial charge >= 0.3 is 0 Å². The first-order valence-electron chi connectivity index (χ1n) is 11.6. The fourth-order valence-electron chi connectivity index (χ4n) is 5.04. The van der Waals surface area contributed by atoms with Gasteiger partial charge in [-0.15, -0.1) is 11.3 Å². The van der Waals surface area contributed by atoms with Gasteiger partial charge < -0.3 is 14.7 Å². The number of hydrogen-bond donors (Lipinski definition) is 1. The zero-order valence-electron chi connectivity index (χ0n) is 19.2. The van der Waals surface area contributed by atoms with Gasteiger partial charge in [-0.2, -0.15) is 0 Å². The average molecular weight is 464 g/mol. The van der Waals surface area contributed by atoms with E-state index in [1.807, 2.05) is 44.2 Å². The van der Waals surface area contributed by atoms with Gasteiger partial charge in [0, 0.05) is 12.1 Å². The molecule has 2 aromatic heterocycles. The van der Waals surface area contributed by atoms with Crippen molar-refractivity contribution in [3.05, 3.63) is 51.4 Å². The standard InChI is InChI=1S/C26H29N3O3S/c1-4-20(30)9-12-23-15-24-25(33-23)26(31)29(16(2)27-24)17-7-10-21(11-8-17)32-22-13-18-5-6-19(14-22)28(18)3/h7-8,10-11,15,18-20,22,30H,4-6,13-14H2,1-3H3/t18-,19+,20?,22?. The van der Waals surface area contributed by atoms with E-state index in [9.17, 15) is 9.90 Å². The Morgan fingerprint density at radius 2 is 1.94 bits per heavy atom. The van der Waals surface area contributed by atoms with E-state index >= 15 is 0 Å². The second kappa shape index (κ2) is 8.94. The quantitative estimate of drug-likeness (QED) is 0.595. The van der Waals surface area contributed by atoms with Crippen LogP contribution in [0, 0.1) is 18.8 Å². The number of thiophene rings is 1. The van der Waals surface area contributed by atoms with Crippen molar-refractivity contribution in [2.75, 3.05) is 7.05 Å². The smallest absolute Gasteiger partial charge is 0.276 e. The lowest BCUT2D eigenvalue weighted by Gasteiger charge is -2.36. The molecule has 0 aliphatic carbocycles. The van der Waals surface area contributed by atoms with E-state index in [-0.39, 0.29) is 11.7 Å². The van der Waals surface area contributed by atoms with E-state index in [0.29, 0.717) is 34.5 Å². The summed E-state index contributed by atoms with van der Waals surface area (Å²) in [6, 6.07) is 10.8. The largest absolute Gasteiger partial charge is 0.490 e. The molecule has 4 heterocycles. The summed E-state index contributed by atoms with van der Waals surface area (Å²) in [4.78, 5) is 21.1. The second-order valence-corrected chi connectivity index (χ2v) is 10.1. The van der Waals surface area contributed by atoms with E-state index in [0.717, 1.165) is 29.2 Å². The molecule has 2 bridgehead atoms. The highest BCUT2D eigenvalue weighted by Crippen LogP contribution is 2.36. The molecule has 6 nitrogen and oxygen atoms in total. The van der Waals surface area contributed by atoms with E-state index < -0.39 is 6.10 Å². The molecule has 0 radical (unpaired) electrons. The molecule has 2 aliphatic heterocycles. The van der Waals surface area contributed by atoms with Crippen molar-refractivity contribution in [2.24, 2.45) is 0 Å². The number of aromatic nitrogens is 2. The summed E-state index contributed by atoms with van der Waals surface area (Å²) in [5.41, 5.74) is 1.31. The highest BCUT2D eigenvalue weighted by atomic mass is 32.1. The molecule has 2 saturated heterocycles. The summed E-state index contributed by atoms with van der Waals surface area (Å²) >= 11 is 1.32. The van der Waals surface area contributed by atoms with Crippen molar-refractivity contribution in [1.29, 1.82) is 0 Å². The summed E-state index contributed by atoms with van der Waals surface area (Å²) in [5, 5.41) is 9.69. The lowest BCUT2D eigenvalue weighted by atomic mass is 10.0. The van der Waals surface area contributed by atoms with Gasteiger partial charge in [-0.3, -0.25) is 9.36 Å².